The van der Waals surface area contributed by atoms with Crippen molar-refractivity contribution >= 4 is 11.7 Å². The molecule has 0 amide bonds. The van der Waals surface area contributed by atoms with E-state index >= 15 is 0 Å². The Morgan fingerprint density at radius 1 is 1.60 bits per heavy atom. The molecule has 0 spiro atoms. The Hall–Kier alpha value is -1.06. The van der Waals surface area contributed by atoms with Gasteiger partial charge in [0.25, 0.3) is 0 Å². The Bertz CT molecular complexity index is 307. The summed E-state index contributed by atoms with van der Waals surface area (Å²) in [5.41, 5.74) is 0.0487. The van der Waals surface area contributed by atoms with E-state index in [1.165, 1.54) is 0 Å². The van der Waals surface area contributed by atoms with Gasteiger partial charge < -0.3 is 9.57 Å². The number of esters is 1. The van der Waals surface area contributed by atoms with E-state index in [1.807, 2.05) is 13.8 Å². The quantitative estimate of drug-likeness (QED) is 0.670. The van der Waals surface area contributed by atoms with Crippen molar-refractivity contribution in [2.75, 3.05) is 0 Å². The molecule has 1 unspecified atom stereocenters. The van der Waals surface area contributed by atoms with Gasteiger partial charge in [0.05, 0.1) is 5.71 Å². The second kappa shape index (κ2) is 3.51. The molecule has 0 N–H and O–H groups in total. The molecule has 0 radical (unpaired) electrons. The first-order valence-corrected chi connectivity index (χ1v) is 5.47. The van der Waals surface area contributed by atoms with Crippen molar-refractivity contribution in [3.8, 4) is 0 Å². The summed E-state index contributed by atoms with van der Waals surface area (Å²) in [6, 6.07) is 0. The lowest BCUT2D eigenvalue weighted by Gasteiger charge is -2.19. The van der Waals surface area contributed by atoms with Gasteiger partial charge in [-0.2, -0.15) is 0 Å². The van der Waals surface area contributed by atoms with E-state index in [0.717, 1.165) is 18.6 Å². The third kappa shape index (κ3) is 2.13. The first-order valence-electron chi connectivity index (χ1n) is 5.47. The molecule has 1 aliphatic heterocycles. The molecular weight excluding hydrogens is 194 g/mol. The summed E-state index contributed by atoms with van der Waals surface area (Å²) >= 11 is 0. The molecule has 0 saturated heterocycles. The average molecular weight is 211 g/mol. The lowest BCUT2D eigenvalue weighted by molar-refractivity contribution is -0.168. The van der Waals surface area contributed by atoms with Crippen molar-refractivity contribution in [3.63, 3.8) is 0 Å². The highest BCUT2D eigenvalue weighted by Gasteiger charge is 2.45. The van der Waals surface area contributed by atoms with Crippen molar-refractivity contribution < 1.29 is 14.4 Å². The molecule has 0 aromatic rings. The fourth-order valence-corrected chi connectivity index (χ4v) is 1.45. The van der Waals surface area contributed by atoms with Crippen LogP contribution in [0.4, 0.5) is 0 Å². The minimum absolute atomic E-state index is 0.126. The van der Waals surface area contributed by atoms with E-state index in [9.17, 15) is 4.79 Å². The molecule has 1 heterocycles. The highest BCUT2D eigenvalue weighted by molar-refractivity contribution is 5.94. The molecule has 0 bridgehead atoms. The first kappa shape index (κ1) is 10.5. The number of rotatable bonds is 3. The van der Waals surface area contributed by atoms with E-state index < -0.39 is 5.60 Å². The monoisotopic (exact) mass is 211 g/mol. The summed E-state index contributed by atoms with van der Waals surface area (Å²) in [7, 11) is 0. The van der Waals surface area contributed by atoms with E-state index in [4.69, 9.17) is 9.57 Å². The summed E-state index contributed by atoms with van der Waals surface area (Å²) < 4.78 is 5.24. The maximum Gasteiger partial charge on any atom is 0.353 e. The molecule has 15 heavy (non-hydrogen) atoms. The van der Waals surface area contributed by atoms with Crippen LogP contribution < -0.4 is 0 Å². The van der Waals surface area contributed by atoms with E-state index in [1.54, 1.807) is 6.92 Å². The summed E-state index contributed by atoms with van der Waals surface area (Å²) in [5.74, 6) is 0.0463. The Morgan fingerprint density at radius 3 is 2.73 bits per heavy atom. The van der Waals surface area contributed by atoms with Crippen molar-refractivity contribution in [2.45, 2.75) is 51.7 Å². The standard InChI is InChI=1S/C11H17NO3/c1-7(2)9-6-11(3,15-12-9)10(13)14-8-4-5-8/h7-8H,4-6H2,1-3H3. The van der Waals surface area contributed by atoms with Gasteiger partial charge in [-0.3, -0.25) is 0 Å². The fraction of sp³-hybridized carbons (Fsp3) is 0.818. The zero-order valence-electron chi connectivity index (χ0n) is 9.45. The smallest absolute Gasteiger partial charge is 0.353 e. The van der Waals surface area contributed by atoms with Crippen LogP contribution in [0.1, 0.15) is 40.0 Å². The minimum atomic E-state index is -0.887. The fourth-order valence-electron chi connectivity index (χ4n) is 1.45. The van der Waals surface area contributed by atoms with Crippen molar-refractivity contribution in [3.05, 3.63) is 0 Å². The number of carbonyl (C=O) groups excluding carboxylic acids is 1. The summed E-state index contributed by atoms with van der Waals surface area (Å²) in [6.45, 7) is 5.83. The first-order chi connectivity index (χ1) is 7.01. The van der Waals surface area contributed by atoms with Crippen LogP contribution in [0.2, 0.25) is 0 Å². The molecule has 2 aliphatic rings. The van der Waals surface area contributed by atoms with Crippen LogP contribution >= 0.6 is 0 Å². The molecule has 1 aliphatic carbocycles. The molecule has 2 rings (SSSR count). The normalized spacial score (nSPS) is 30.0. The van der Waals surface area contributed by atoms with Crippen molar-refractivity contribution in [1.29, 1.82) is 0 Å². The second-order valence-electron chi connectivity index (χ2n) is 4.84. The molecular formula is C11H17NO3. The van der Waals surface area contributed by atoms with Gasteiger partial charge in [-0.25, -0.2) is 4.79 Å². The topological polar surface area (TPSA) is 47.9 Å². The molecule has 84 valence electrons. The average Bonchev–Trinajstić information content (AvgIpc) is 2.87. The van der Waals surface area contributed by atoms with Crippen molar-refractivity contribution in [2.24, 2.45) is 11.1 Å². The van der Waals surface area contributed by atoms with Crippen LogP contribution in [0.3, 0.4) is 0 Å². The summed E-state index contributed by atoms with van der Waals surface area (Å²) in [5, 5.41) is 3.95. The van der Waals surface area contributed by atoms with Crippen LogP contribution in [-0.2, 0) is 14.4 Å². The zero-order chi connectivity index (χ0) is 11.1. The third-order valence-electron chi connectivity index (χ3n) is 2.78. The second-order valence-corrected chi connectivity index (χ2v) is 4.84. The maximum absolute atomic E-state index is 11.8. The number of hydrogen-bond donors (Lipinski definition) is 0. The molecule has 0 aromatic carbocycles. The minimum Gasteiger partial charge on any atom is -0.459 e. The largest absolute Gasteiger partial charge is 0.459 e. The summed E-state index contributed by atoms with van der Waals surface area (Å²) in [6.07, 6.45) is 2.65. The van der Waals surface area contributed by atoms with Gasteiger partial charge in [0.1, 0.15) is 6.10 Å². The molecule has 1 atom stereocenters. The summed E-state index contributed by atoms with van der Waals surface area (Å²) in [4.78, 5) is 17.0. The Labute approximate surface area is 89.6 Å². The highest BCUT2D eigenvalue weighted by Crippen LogP contribution is 2.31. The van der Waals surface area contributed by atoms with Crippen LogP contribution in [0, 0.1) is 5.92 Å². The van der Waals surface area contributed by atoms with Gasteiger partial charge in [0, 0.05) is 6.42 Å². The Morgan fingerprint density at radius 2 is 2.27 bits per heavy atom. The lowest BCUT2D eigenvalue weighted by Crippen LogP contribution is -2.38. The van der Waals surface area contributed by atoms with Crippen LogP contribution in [0.5, 0.6) is 0 Å². The van der Waals surface area contributed by atoms with Gasteiger partial charge in [-0.05, 0) is 25.7 Å². The third-order valence-corrected chi connectivity index (χ3v) is 2.78. The van der Waals surface area contributed by atoms with Crippen molar-refractivity contribution in [1.82, 2.24) is 0 Å². The van der Waals surface area contributed by atoms with Gasteiger partial charge in [0.15, 0.2) is 0 Å². The molecule has 0 aromatic heterocycles. The number of oxime groups is 1. The number of hydrogen-bond acceptors (Lipinski definition) is 4. The Kier molecular flexibility index (Phi) is 2.44. The van der Waals surface area contributed by atoms with Crippen LogP contribution in [0.15, 0.2) is 5.16 Å². The van der Waals surface area contributed by atoms with E-state index in [-0.39, 0.29) is 12.1 Å². The number of nitrogens with zero attached hydrogens (tertiary/aromatic N) is 1. The lowest BCUT2D eigenvalue weighted by atomic mass is 9.94. The van der Waals surface area contributed by atoms with Crippen LogP contribution in [0.25, 0.3) is 0 Å². The van der Waals surface area contributed by atoms with Crippen LogP contribution in [-0.4, -0.2) is 23.4 Å². The van der Waals surface area contributed by atoms with Gasteiger partial charge >= 0.3 is 5.97 Å². The van der Waals surface area contributed by atoms with E-state index in [0.29, 0.717) is 12.3 Å². The predicted octanol–water partition coefficient (Wildman–Crippen LogP) is 1.88. The highest BCUT2D eigenvalue weighted by atomic mass is 16.7. The molecule has 4 nitrogen and oxygen atoms in total. The number of carbonyl (C=O) groups is 1. The SMILES string of the molecule is CC(C)C1=NOC(C)(C(=O)OC2CC2)C1. The predicted molar refractivity (Wildman–Crippen MR) is 55.5 cm³/mol. The van der Waals surface area contributed by atoms with Gasteiger partial charge in [0.2, 0.25) is 5.60 Å². The maximum atomic E-state index is 11.8. The van der Waals surface area contributed by atoms with Gasteiger partial charge in [-0.15, -0.1) is 0 Å². The Balaban J connectivity index is 1.94. The molecule has 4 heteroatoms. The molecule has 1 fully saturated rings. The molecule has 1 saturated carbocycles. The van der Waals surface area contributed by atoms with E-state index in [2.05, 4.69) is 5.16 Å². The number of ether oxygens (including phenoxy) is 1. The van der Waals surface area contributed by atoms with Gasteiger partial charge in [-0.1, -0.05) is 19.0 Å². The zero-order valence-corrected chi connectivity index (χ0v) is 9.45.